The fraction of sp³-hybridized carbons (Fsp3) is 0.562. The number of carboxylic acid groups (broad SMARTS) is 1. The molecule has 126 valence electrons. The van der Waals surface area contributed by atoms with Gasteiger partial charge in [-0.05, 0) is 38.3 Å². The second-order valence-corrected chi connectivity index (χ2v) is 6.01. The normalized spacial score (nSPS) is 20.3. The lowest BCUT2D eigenvalue weighted by molar-refractivity contribution is -0.137. The number of rotatable bonds is 8. The summed E-state index contributed by atoms with van der Waals surface area (Å²) in [6, 6.07) is 3.64. The zero-order chi connectivity index (χ0) is 16.9. The minimum absolute atomic E-state index is 0.0203. The van der Waals surface area contributed by atoms with E-state index < -0.39 is 11.5 Å². The summed E-state index contributed by atoms with van der Waals surface area (Å²) in [6.45, 7) is 2.15. The smallest absolute Gasteiger partial charge is 0.303 e. The van der Waals surface area contributed by atoms with Crippen LogP contribution in [0.3, 0.4) is 0 Å². The predicted molar refractivity (Wildman–Crippen MR) is 81.5 cm³/mol. The number of hydrogen-bond donors (Lipinski definition) is 3. The molecule has 1 aromatic heterocycles. The van der Waals surface area contributed by atoms with E-state index in [1.165, 1.54) is 0 Å². The highest BCUT2D eigenvalue weighted by molar-refractivity contribution is 5.80. The molecular formula is C16H22N2O5. The Morgan fingerprint density at radius 2 is 2.09 bits per heavy atom. The highest BCUT2D eigenvalue weighted by Crippen LogP contribution is 2.30. The van der Waals surface area contributed by atoms with E-state index in [2.05, 4.69) is 10.6 Å². The van der Waals surface area contributed by atoms with Gasteiger partial charge in [-0.3, -0.25) is 14.4 Å². The fourth-order valence-electron chi connectivity index (χ4n) is 2.83. The summed E-state index contributed by atoms with van der Waals surface area (Å²) >= 11 is 0. The SMILES string of the molecule is Cc1ccc(CNC(=O)CC[C@]2(CCC(=O)O)CCC(=O)N2)o1. The molecular weight excluding hydrogens is 300 g/mol. The third-order valence-electron chi connectivity index (χ3n) is 4.14. The highest BCUT2D eigenvalue weighted by Gasteiger charge is 2.37. The standard InChI is InChI=1S/C16H22N2O5/c1-11-2-3-12(23-11)10-17-13(19)4-7-16(9-6-15(21)22)8-5-14(20)18-16/h2-3H,4-10H2,1H3,(H,17,19)(H,18,20)(H,21,22)/t16-/m1/s1. The molecule has 0 saturated carbocycles. The first-order chi connectivity index (χ1) is 10.9. The highest BCUT2D eigenvalue weighted by atomic mass is 16.4. The third-order valence-corrected chi connectivity index (χ3v) is 4.14. The summed E-state index contributed by atoms with van der Waals surface area (Å²) in [7, 11) is 0. The molecule has 1 fully saturated rings. The predicted octanol–water partition coefficient (Wildman–Crippen LogP) is 1.50. The van der Waals surface area contributed by atoms with E-state index in [1.807, 2.05) is 13.0 Å². The van der Waals surface area contributed by atoms with E-state index in [0.717, 1.165) is 5.76 Å². The molecule has 7 heteroatoms. The maximum atomic E-state index is 12.0. The van der Waals surface area contributed by atoms with Crippen LogP contribution in [-0.4, -0.2) is 28.4 Å². The van der Waals surface area contributed by atoms with Crippen molar-refractivity contribution in [1.82, 2.24) is 10.6 Å². The van der Waals surface area contributed by atoms with Crippen LogP contribution in [0.4, 0.5) is 0 Å². The number of carboxylic acids is 1. The molecule has 1 aromatic rings. The van der Waals surface area contributed by atoms with Crippen molar-refractivity contribution >= 4 is 17.8 Å². The lowest BCUT2D eigenvalue weighted by Gasteiger charge is -2.28. The van der Waals surface area contributed by atoms with Crippen LogP contribution in [0.15, 0.2) is 16.5 Å². The van der Waals surface area contributed by atoms with Crippen molar-refractivity contribution in [2.45, 2.75) is 57.5 Å². The Morgan fingerprint density at radius 1 is 1.35 bits per heavy atom. The Morgan fingerprint density at radius 3 is 2.65 bits per heavy atom. The number of furan rings is 1. The van der Waals surface area contributed by atoms with Crippen molar-refractivity contribution in [3.63, 3.8) is 0 Å². The maximum absolute atomic E-state index is 12.0. The number of carbonyl (C=O) groups is 3. The molecule has 23 heavy (non-hydrogen) atoms. The van der Waals surface area contributed by atoms with Crippen molar-refractivity contribution in [3.8, 4) is 0 Å². The van der Waals surface area contributed by atoms with E-state index in [9.17, 15) is 14.4 Å². The number of aryl methyl sites for hydroxylation is 1. The zero-order valence-electron chi connectivity index (χ0n) is 13.2. The van der Waals surface area contributed by atoms with Gasteiger partial charge >= 0.3 is 5.97 Å². The van der Waals surface area contributed by atoms with Gasteiger partial charge < -0.3 is 20.2 Å². The second-order valence-electron chi connectivity index (χ2n) is 6.01. The Balaban J connectivity index is 1.81. The van der Waals surface area contributed by atoms with Gasteiger partial charge in [-0.1, -0.05) is 0 Å². The lowest BCUT2D eigenvalue weighted by Crippen LogP contribution is -2.43. The molecule has 1 saturated heterocycles. The first-order valence-corrected chi connectivity index (χ1v) is 7.73. The summed E-state index contributed by atoms with van der Waals surface area (Å²) in [6.07, 6.45) is 1.96. The average Bonchev–Trinajstić information content (AvgIpc) is 3.08. The van der Waals surface area contributed by atoms with Gasteiger partial charge in [0.1, 0.15) is 11.5 Å². The van der Waals surface area contributed by atoms with Gasteiger partial charge in [-0.25, -0.2) is 0 Å². The van der Waals surface area contributed by atoms with Crippen LogP contribution in [0.25, 0.3) is 0 Å². The molecule has 0 radical (unpaired) electrons. The molecule has 2 amide bonds. The van der Waals surface area contributed by atoms with E-state index in [0.29, 0.717) is 38.0 Å². The molecule has 0 unspecified atom stereocenters. The van der Waals surface area contributed by atoms with Crippen molar-refractivity contribution in [3.05, 3.63) is 23.7 Å². The summed E-state index contributed by atoms with van der Waals surface area (Å²) < 4.78 is 5.37. The maximum Gasteiger partial charge on any atom is 0.303 e. The second kappa shape index (κ2) is 7.30. The van der Waals surface area contributed by atoms with Gasteiger partial charge in [0.05, 0.1) is 6.54 Å². The Labute approximate surface area is 134 Å². The molecule has 0 bridgehead atoms. The van der Waals surface area contributed by atoms with Crippen LogP contribution < -0.4 is 10.6 Å². The molecule has 2 rings (SSSR count). The first kappa shape index (κ1) is 17.1. The molecule has 1 aliphatic rings. The van der Waals surface area contributed by atoms with Gasteiger partial charge in [-0.15, -0.1) is 0 Å². The molecule has 1 aliphatic heterocycles. The van der Waals surface area contributed by atoms with Crippen LogP contribution in [0.1, 0.15) is 50.0 Å². The van der Waals surface area contributed by atoms with Crippen LogP contribution >= 0.6 is 0 Å². The largest absolute Gasteiger partial charge is 0.481 e. The van der Waals surface area contributed by atoms with Crippen molar-refractivity contribution < 1.29 is 23.9 Å². The molecule has 1 atom stereocenters. The van der Waals surface area contributed by atoms with Gasteiger partial charge in [0.15, 0.2) is 0 Å². The molecule has 7 nitrogen and oxygen atoms in total. The van der Waals surface area contributed by atoms with Gasteiger partial charge in [0.2, 0.25) is 11.8 Å². The first-order valence-electron chi connectivity index (χ1n) is 7.73. The summed E-state index contributed by atoms with van der Waals surface area (Å²) in [5, 5.41) is 14.5. The summed E-state index contributed by atoms with van der Waals surface area (Å²) in [5.74, 6) is 0.348. The minimum atomic E-state index is -0.900. The number of hydrogen-bond acceptors (Lipinski definition) is 4. The third kappa shape index (κ3) is 5.12. The zero-order valence-corrected chi connectivity index (χ0v) is 13.2. The number of amides is 2. The van der Waals surface area contributed by atoms with E-state index >= 15 is 0 Å². The molecule has 3 N–H and O–H groups in total. The fourth-order valence-corrected chi connectivity index (χ4v) is 2.83. The van der Waals surface area contributed by atoms with Crippen molar-refractivity contribution in [2.75, 3.05) is 0 Å². The van der Waals surface area contributed by atoms with Crippen molar-refractivity contribution in [2.24, 2.45) is 0 Å². The molecule has 0 spiro atoms. The van der Waals surface area contributed by atoms with Gasteiger partial charge in [-0.2, -0.15) is 0 Å². The number of nitrogens with one attached hydrogen (secondary N) is 2. The van der Waals surface area contributed by atoms with Gasteiger partial charge in [0, 0.05) is 24.8 Å². The van der Waals surface area contributed by atoms with E-state index in [4.69, 9.17) is 9.52 Å². The lowest BCUT2D eigenvalue weighted by atomic mass is 9.86. The molecule has 0 aromatic carbocycles. The van der Waals surface area contributed by atoms with Gasteiger partial charge in [0.25, 0.3) is 0 Å². The van der Waals surface area contributed by atoms with E-state index in [-0.39, 0.29) is 24.7 Å². The number of aliphatic carboxylic acids is 1. The van der Waals surface area contributed by atoms with Crippen LogP contribution in [0, 0.1) is 6.92 Å². The minimum Gasteiger partial charge on any atom is -0.481 e. The van der Waals surface area contributed by atoms with Crippen LogP contribution in [0.5, 0.6) is 0 Å². The topological polar surface area (TPSA) is 109 Å². The monoisotopic (exact) mass is 322 g/mol. The Kier molecular flexibility index (Phi) is 5.41. The van der Waals surface area contributed by atoms with Crippen LogP contribution in [0.2, 0.25) is 0 Å². The summed E-state index contributed by atoms with van der Waals surface area (Å²) in [4.78, 5) is 34.2. The van der Waals surface area contributed by atoms with Crippen molar-refractivity contribution in [1.29, 1.82) is 0 Å². The summed E-state index contributed by atoms with van der Waals surface area (Å²) in [5.41, 5.74) is -0.575. The Hall–Kier alpha value is -2.31. The van der Waals surface area contributed by atoms with Crippen LogP contribution in [-0.2, 0) is 20.9 Å². The Bertz CT molecular complexity index is 595. The molecule has 2 heterocycles. The van der Waals surface area contributed by atoms with E-state index in [1.54, 1.807) is 6.07 Å². The number of carbonyl (C=O) groups excluding carboxylic acids is 2. The quantitative estimate of drug-likeness (QED) is 0.672. The molecule has 0 aliphatic carbocycles. The average molecular weight is 322 g/mol.